The van der Waals surface area contributed by atoms with Crippen LogP contribution in [-0.2, 0) is 6.54 Å². The fourth-order valence-corrected chi connectivity index (χ4v) is 2.24. The second-order valence-corrected chi connectivity index (χ2v) is 5.08. The van der Waals surface area contributed by atoms with E-state index in [2.05, 4.69) is 48.4 Å². The first-order valence-corrected chi connectivity index (χ1v) is 6.69. The van der Waals surface area contributed by atoms with Gasteiger partial charge in [0, 0.05) is 23.1 Å². The van der Waals surface area contributed by atoms with Crippen LogP contribution in [0.4, 0.5) is 0 Å². The molecule has 98 valence electrons. The van der Waals surface area contributed by atoms with E-state index < -0.39 is 0 Å². The first kappa shape index (κ1) is 13.1. The number of nitrogens with one attached hydrogen (secondary N) is 2. The lowest BCUT2D eigenvalue weighted by atomic mass is 10.1. The van der Waals surface area contributed by atoms with Gasteiger partial charge in [-0.2, -0.15) is 0 Å². The maximum absolute atomic E-state index is 5.61. The molecule has 3 heteroatoms. The number of para-hydroxylation sites is 1. The molecule has 0 bridgehead atoms. The molecule has 2 rings (SSSR count). The molecule has 0 aliphatic rings. The van der Waals surface area contributed by atoms with Crippen LogP contribution in [0.5, 0.6) is 0 Å². The van der Waals surface area contributed by atoms with Crippen molar-refractivity contribution in [3.63, 3.8) is 0 Å². The zero-order chi connectivity index (χ0) is 13.0. The number of rotatable bonds is 6. The monoisotopic (exact) mass is 245 g/mol. The van der Waals surface area contributed by atoms with Crippen LogP contribution in [0.15, 0.2) is 24.3 Å². The van der Waals surface area contributed by atoms with Crippen molar-refractivity contribution in [2.75, 3.05) is 13.1 Å². The van der Waals surface area contributed by atoms with Crippen molar-refractivity contribution in [1.82, 2.24) is 10.3 Å². The lowest BCUT2D eigenvalue weighted by Gasteiger charge is -2.09. The summed E-state index contributed by atoms with van der Waals surface area (Å²) >= 11 is 0. The molecule has 1 aromatic heterocycles. The van der Waals surface area contributed by atoms with Crippen LogP contribution in [0.2, 0.25) is 0 Å². The molecule has 0 saturated heterocycles. The summed E-state index contributed by atoms with van der Waals surface area (Å²) in [4.78, 5) is 3.43. The van der Waals surface area contributed by atoms with E-state index in [1.807, 2.05) is 0 Å². The fraction of sp³-hybridized carbons (Fsp3) is 0.467. The molecule has 0 aliphatic carbocycles. The first-order valence-electron chi connectivity index (χ1n) is 6.69. The smallest absolute Gasteiger partial charge is 0.0459 e. The third kappa shape index (κ3) is 2.92. The molecule has 1 heterocycles. The first-order chi connectivity index (χ1) is 8.72. The molecule has 0 fully saturated rings. The summed E-state index contributed by atoms with van der Waals surface area (Å²) in [5.74, 6) is 0.599. The minimum Gasteiger partial charge on any atom is -0.358 e. The molecule has 4 N–H and O–H groups in total. The van der Waals surface area contributed by atoms with Crippen LogP contribution in [-0.4, -0.2) is 18.1 Å². The van der Waals surface area contributed by atoms with Gasteiger partial charge in [-0.25, -0.2) is 0 Å². The summed E-state index contributed by atoms with van der Waals surface area (Å²) in [6.07, 6.45) is 1.14. The second-order valence-electron chi connectivity index (χ2n) is 5.08. The van der Waals surface area contributed by atoms with E-state index in [1.165, 1.54) is 22.2 Å². The van der Waals surface area contributed by atoms with Gasteiger partial charge in [-0.1, -0.05) is 25.1 Å². The van der Waals surface area contributed by atoms with E-state index in [0.717, 1.165) is 26.1 Å². The van der Waals surface area contributed by atoms with Crippen molar-refractivity contribution in [3.05, 3.63) is 35.5 Å². The molecular formula is C15H23N3. The van der Waals surface area contributed by atoms with Gasteiger partial charge in [-0.15, -0.1) is 0 Å². The van der Waals surface area contributed by atoms with Crippen LogP contribution >= 0.6 is 0 Å². The number of nitrogens with two attached hydrogens (primary N) is 1. The average molecular weight is 245 g/mol. The van der Waals surface area contributed by atoms with E-state index in [9.17, 15) is 0 Å². The van der Waals surface area contributed by atoms with E-state index >= 15 is 0 Å². The number of benzene rings is 1. The number of aromatic amines is 1. The topological polar surface area (TPSA) is 53.8 Å². The van der Waals surface area contributed by atoms with Crippen LogP contribution < -0.4 is 11.1 Å². The number of fused-ring (bicyclic) bond motifs is 1. The Bertz CT molecular complexity index is 501. The summed E-state index contributed by atoms with van der Waals surface area (Å²) in [6.45, 7) is 7.05. The molecular weight excluding hydrogens is 222 g/mol. The molecule has 1 unspecified atom stereocenters. The molecule has 1 atom stereocenters. The Morgan fingerprint density at radius 1 is 1.33 bits per heavy atom. The largest absolute Gasteiger partial charge is 0.358 e. The van der Waals surface area contributed by atoms with Crippen molar-refractivity contribution in [2.24, 2.45) is 11.7 Å². The molecule has 0 aliphatic heterocycles. The van der Waals surface area contributed by atoms with Crippen molar-refractivity contribution in [3.8, 4) is 0 Å². The molecule has 3 nitrogen and oxygen atoms in total. The summed E-state index contributed by atoms with van der Waals surface area (Å²) in [7, 11) is 0. The van der Waals surface area contributed by atoms with E-state index in [0.29, 0.717) is 5.92 Å². The highest BCUT2D eigenvalue weighted by Crippen LogP contribution is 2.21. The summed E-state index contributed by atoms with van der Waals surface area (Å²) in [5, 5.41) is 4.84. The van der Waals surface area contributed by atoms with Crippen LogP contribution in [0, 0.1) is 12.8 Å². The minimum atomic E-state index is 0.599. The Labute approximate surface area is 109 Å². The molecule has 2 aromatic rings. The van der Waals surface area contributed by atoms with Crippen molar-refractivity contribution < 1.29 is 0 Å². The summed E-state index contributed by atoms with van der Waals surface area (Å²) < 4.78 is 0. The van der Waals surface area contributed by atoms with Crippen molar-refractivity contribution in [1.29, 1.82) is 0 Å². The van der Waals surface area contributed by atoms with Crippen LogP contribution in [0.1, 0.15) is 24.6 Å². The SMILES string of the molecule is Cc1[nH]c2ccccc2c1CNCCC(C)CN. The van der Waals surface area contributed by atoms with E-state index in [4.69, 9.17) is 5.73 Å². The minimum absolute atomic E-state index is 0.599. The lowest BCUT2D eigenvalue weighted by molar-refractivity contribution is 0.509. The Kier molecular flexibility index (Phi) is 4.39. The Hall–Kier alpha value is -1.32. The number of H-pyrrole nitrogens is 1. The predicted octanol–water partition coefficient (Wildman–Crippen LogP) is 2.55. The van der Waals surface area contributed by atoms with E-state index in [1.54, 1.807) is 0 Å². The van der Waals surface area contributed by atoms with Gasteiger partial charge in [0.05, 0.1) is 0 Å². The third-order valence-electron chi connectivity index (χ3n) is 3.55. The molecule has 0 radical (unpaired) electrons. The van der Waals surface area contributed by atoms with Gasteiger partial charge >= 0.3 is 0 Å². The molecule has 0 saturated carbocycles. The molecule has 18 heavy (non-hydrogen) atoms. The predicted molar refractivity (Wildman–Crippen MR) is 77.6 cm³/mol. The Balaban J connectivity index is 1.97. The standard InChI is InChI=1S/C15H23N3/c1-11(9-16)7-8-17-10-14-12(2)18-15-6-4-3-5-13(14)15/h3-6,11,17-18H,7-10,16H2,1-2H3. The second kappa shape index (κ2) is 6.03. The van der Waals surface area contributed by atoms with E-state index in [-0.39, 0.29) is 0 Å². The van der Waals surface area contributed by atoms with Gasteiger partial charge in [0.1, 0.15) is 0 Å². The van der Waals surface area contributed by atoms with Crippen molar-refractivity contribution >= 4 is 10.9 Å². The van der Waals surface area contributed by atoms with Crippen molar-refractivity contribution in [2.45, 2.75) is 26.8 Å². The van der Waals surface area contributed by atoms with Gasteiger partial charge in [0.2, 0.25) is 0 Å². The van der Waals surface area contributed by atoms with Gasteiger partial charge < -0.3 is 16.0 Å². The van der Waals surface area contributed by atoms with Crippen LogP contribution in [0.25, 0.3) is 10.9 Å². The van der Waals surface area contributed by atoms with Crippen LogP contribution in [0.3, 0.4) is 0 Å². The maximum atomic E-state index is 5.61. The highest BCUT2D eigenvalue weighted by Gasteiger charge is 2.07. The zero-order valence-electron chi connectivity index (χ0n) is 11.3. The normalized spacial score (nSPS) is 13.1. The van der Waals surface area contributed by atoms with Gasteiger partial charge in [0.25, 0.3) is 0 Å². The number of aromatic nitrogens is 1. The Morgan fingerprint density at radius 3 is 2.89 bits per heavy atom. The quantitative estimate of drug-likeness (QED) is 0.685. The number of hydrogen-bond donors (Lipinski definition) is 3. The third-order valence-corrected chi connectivity index (χ3v) is 3.55. The highest BCUT2D eigenvalue weighted by molar-refractivity contribution is 5.84. The Morgan fingerprint density at radius 2 is 2.11 bits per heavy atom. The van der Waals surface area contributed by atoms with Gasteiger partial charge in [-0.3, -0.25) is 0 Å². The summed E-state index contributed by atoms with van der Waals surface area (Å²) in [6, 6.07) is 8.47. The fourth-order valence-electron chi connectivity index (χ4n) is 2.24. The molecule has 0 amide bonds. The molecule has 1 aromatic carbocycles. The highest BCUT2D eigenvalue weighted by atomic mass is 14.9. The average Bonchev–Trinajstić information content (AvgIpc) is 2.70. The number of hydrogen-bond acceptors (Lipinski definition) is 2. The zero-order valence-corrected chi connectivity index (χ0v) is 11.3. The molecule has 0 spiro atoms. The van der Waals surface area contributed by atoms with Gasteiger partial charge in [-0.05, 0) is 44.0 Å². The van der Waals surface area contributed by atoms with Gasteiger partial charge in [0.15, 0.2) is 0 Å². The number of aryl methyl sites for hydroxylation is 1. The lowest BCUT2D eigenvalue weighted by Crippen LogP contribution is -2.20. The maximum Gasteiger partial charge on any atom is 0.0459 e. The summed E-state index contributed by atoms with van der Waals surface area (Å²) in [5.41, 5.74) is 9.48.